The first kappa shape index (κ1) is 26.9. The lowest BCUT2D eigenvalue weighted by Crippen LogP contribution is -2.30. The lowest BCUT2D eigenvalue weighted by molar-refractivity contribution is -0.198. The lowest BCUT2D eigenvalue weighted by Gasteiger charge is -2.31. The number of alkyl halides is 3. The fourth-order valence-electron chi connectivity index (χ4n) is 5.20. The fourth-order valence-corrected chi connectivity index (χ4v) is 5.36. The summed E-state index contributed by atoms with van der Waals surface area (Å²) in [5.74, 6) is -1.43. The van der Waals surface area contributed by atoms with Gasteiger partial charge < -0.3 is 20.9 Å². The molecule has 5 rings (SSSR count). The molecule has 0 saturated carbocycles. The topological polar surface area (TPSA) is 128 Å². The number of anilines is 1. The van der Waals surface area contributed by atoms with Crippen molar-refractivity contribution in [2.45, 2.75) is 50.9 Å². The minimum Gasteiger partial charge on any atom is -0.480 e. The maximum absolute atomic E-state index is 14.4. The molecule has 1 aliphatic heterocycles. The Balaban J connectivity index is 1.44. The monoisotopic (exact) mass is 562 g/mol. The Labute approximate surface area is 226 Å². The molecular weight excluding hydrogens is 537 g/mol. The minimum atomic E-state index is -4.81. The molecule has 1 spiro atoms. The molecule has 0 amide bonds. The predicted molar refractivity (Wildman–Crippen MR) is 137 cm³/mol. The van der Waals surface area contributed by atoms with Crippen molar-refractivity contribution in [1.29, 1.82) is 0 Å². The number of ether oxygens (including phenoxy) is 1. The number of aryl methyl sites for hydroxylation is 1. The Morgan fingerprint density at radius 1 is 1.31 bits per heavy atom. The van der Waals surface area contributed by atoms with Crippen LogP contribution in [0.2, 0.25) is 5.02 Å². The number of halogens is 4. The van der Waals surface area contributed by atoms with Crippen LogP contribution in [0, 0.1) is 12.3 Å². The molecule has 3 atom stereocenters. The maximum Gasteiger partial charge on any atom is 0.429 e. The van der Waals surface area contributed by atoms with Crippen LogP contribution in [0.1, 0.15) is 48.7 Å². The Morgan fingerprint density at radius 3 is 2.72 bits per heavy atom. The molecule has 9 nitrogen and oxygen atoms in total. The summed E-state index contributed by atoms with van der Waals surface area (Å²) in [5.41, 5.74) is 7.40. The number of nitrogens with one attached hydrogen (secondary N) is 1. The van der Waals surface area contributed by atoms with Gasteiger partial charge in [-0.1, -0.05) is 23.7 Å². The SMILES string of the molecule is Cc1ccn(-c2cc(Cl)ccc2[C@@H](Oc2cc(C3=CC[C@]4(CC3)CNC(C(=O)O)C4)nc(N)n2)C(F)(F)F)n1. The molecule has 1 fully saturated rings. The van der Waals surface area contributed by atoms with Gasteiger partial charge in [0.25, 0.3) is 0 Å². The summed E-state index contributed by atoms with van der Waals surface area (Å²) in [6, 6.07) is 6.42. The van der Waals surface area contributed by atoms with Gasteiger partial charge in [0.05, 0.1) is 17.1 Å². The van der Waals surface area contributed by atoms with Gasteiger partial charge in [0.2, 0.25) is 17.9 Å². The molecule has 0 bridgehead atoms. The maximum atomic E-state index is 14.4. The minimum absolute atomic E-state index is 0.116. The number of hydrogen-bond acceptors (Lipinski definition) is 7. The third-order valence-electron chi connectivity index (χ3n) is 7.19. The fraction of sp³-hybridized carbons (Fsp3) is 0.385. The quantitative estimate of drug-likeness (QED) is 0.387. The summed E-state index contributed by atoms with van der Waals surface area (Å²) >= 11 is 6.11. The molecule has 39 heavy (non-hydrogen) atoms. The number of aromatic nitrogens is 4. The van der Waals surface area contributed by atoms with Gasteiger partial charge in [0.15, 0.2) is 0 Å². The van der Waals surface area contributed by atoms with Gasteiger partial charge in [0.1, 0.15) is 6.04 Å². The number of benzene rings is 1. The summed E-state index contributed by atoms with van der Waals surface area (Å²) < 4.78 is 49.9. The van der Waals surface area contributed by atoms with Gasteiger partial charge in [-0.25, -0.2) is 9.67 Å². The molecule has 206 valence electrons. The van der Waals surface area contributed by atoms with E-state index in [9.17, 15) is 23.1 Å². The Morgan fingerprint density at radius 2 is 2.10 bits per heavy atom. The molecule has 0 radical (unpaired) electrons. The first-order chi connectivity index (χ1) is 18.4. The van der Waals surface area contributed by atoms with E-state index in [4.69, 9.17) is 22.1 Å². The zero-order valence-electron chi connectivity index (χ0n) is 20.9. The number of allylic oxidation sites excluding steroid dienone is 2. The highest BCUT2D eigenvalue weighted by Gasteiger charge is 2.45. The second-order valence-electron chi connectivity index (χ2n) is 10.0. The third-order valence-corrected chi connectivity index (χ3v) is 7.43. The number of nitrogen functional groups attached to an aromatic ring is 1. The number of carbonyl (C=O) groups is 1. The van der Waals surface area contributed by atoms with Crippen molar-refractivity contribution in [2.24, 2.45) is 5.41 Å². The second kappa shape index (κ2) is 10.2. The molecule has 4 N–H and O–H groups in total. The van der Waals surface area contributed by atoms with Gasteiger partial charge in [-0.3, -0.25) is 4.79 Å². The summed E-state index contributed by atoms with van der Waals surface area (Å²) in [6.07, 6.45) is -1.32. The van der Waals surface area contributed by atoms with Gasteiger partial charge in [-0.15, -0.1) is 0 Å². The van der Waals surface area contributed by atoms with Crippen LogP contribution in [0.4, 0.5) is 19.1 Å². The highest BCUT2D eigenvalue weighted by atomic mass is 35.5. The van der Waals surface area contributed by atoms with Crippen molar-refractivity contribution < 1.29 is 27.8 Å². The number of aliphatic carboxylic acids is 1. The van der Waals surface area contributed by atoms with E-state index in [1.807, 2.05) is 6.08 Å². The van der Waals surface area contributed by atoms with E-state index < -0.39 is 24.3 Å². The Bertz CT molecular complexity index is 1440. The summed E-state index contributed by atoms with van der Waals surface area (Å²) in [4.78, 5) is 19.5. The van der Waals surface area contributed by atoms with E-state index in [1.165, 1.54) is 28.9 Å². The zero-order chi connectivity index (χ0) is 27.9. The van der Waals surface area contributed by atoms with E-state index in [0.29, 0.717) is 43.6 Å². The Hall–Kier alpha value is -3.64. The molecule has 3 aromatic rings. The van der Waals surface area contributed by atoms with Crippen molar-refractivity contribution in [3.05, 3.63) is 64.6 Å². The zero-order valence-corrected chi connectivity index (χ0v) is 21.6. The molecule has 1 aliphatic carbocycles. The van der Waals surface area contributed by atoms with Crippen molar-refractivity contribution in [3.8, 4) is 11.6 Å². The van der Waals surface area contributed by atoms with Gasteiger partial charge >= 0.3 is 12.1 Å². The smallest absolute Gasteiger partial charge is 0.429 e. The van der Waals surface area contributed by atoms with Gasteiger partial charge in [-0.05, 0) is 61.8 Å². The van der Waals surface area contributed by atoms with Crippen molar-refractivity contribution in [1.82, 2.24) is 25.1 Å². The van der Waals surface area contributed by atoms with Crippen LogP contribution in [-0.4, -0.2) is 49.6 Å². The first-order valence-corrected chi connectivity index (χ1v) is 12.7. The highest BCUT2D eigenvalue weighted by molar-refractivity contribution is 6.30. The van der Waals surface area contributed by atoms with Crippen LogP contribution >= 0.6 is 11.6 Å². The molecule has 1 unspecified atom stereocenters. The van der Waals surface area contributed by atoms with Crippen LogP contribution in [0.5, 0.6) is 5.88 Å². The molecule has 1 aromatic carbocycles. The number of nitrogens with zero attached hydrogens (tertiary/aromatic N) is 4. The van der Waals surface area contributed by atoms with E-state index in [-0.39, 0.29) is 33.5 Å². The first-order valence-electron chi connectivity index (χ1n) is 12.3. The number of hydrogen-bond donors (Lipinski definition) is 3. The summed E-state index contributed by atoms with van der Waals surface area (Å²) in [7, 11) is 0. The van der Waals surface area contributed by atoms with Crippen LogP contribution in [-0.2, 0) is 4.79 Å². The van der Waals surface area contributed by atoms with E-state index in [2.05, 4.69) is 20.4 Å². The largest absolute Gasteiger partial charge is 0.480 e. The molecule has 13 heteroatoms. The van der Waals surface area contributed by atoms with Crippen LogP contribution in [0.3, 0.4) is 0 Å². The van der Waals surface area contributed by atoms with Gasteiger partial charge in [-0.2, -0.15) is 23.3 Å². The normalized spacial score (nSPS) is 22.1. The number of nitrogens with two attached hydrogens (primary N) is 1. The molecule has 2 aliphatic rings. The predicted octanol–water partition coefficient (Wildman–Crippen LogP) is 4.89. The van der Waals surface area contributed by atoms with E-state index >= 15 is 0 Å². The molecule has 3 heterocycles. The molecule has 2 aromatic heterocycles. The van der Waals surface area contributed by atoms with Crippen LogP contribution in [0.15, 0.2) is 42.6 Å². The van der Waals surface area contributed by atoms with Gasteiger partial charge in [0, 0.05) is 29.4 Å². The second-order valence-corrected chi connectivity index (χ2v) is 10.4. The average molecular weight is 563 g/mol. The number of carboxylic acids is 1. The van der Waals surface area contributed by atoms with Crippen molar-refractivity contribution >= 4 is 29.1 Å². The van der Waals surface area contributed by atoms with Crippen LogP contribution < -0.4 is 15.8 Å². The third kappa shape index (κ3) is 5.71. The van der Waals surface area contributed by atoms with Crippen molar-refractivity contribution in [2.75, 3.05) is 12.3 Å². The molecular formula is C26H26ClF3N6O3. The number of rotatable bonds is 6. The van der Waals surface area contributed by atoms with E-state index in [0.717, 1.165) is 5.57 Å². The summed E-state index contributed by atoms with van der Waals surface area (Å²) in [5, 5.41) is 16.8. The van der Waals surface area contributed by atoms with Crippen LogP contribution in [0.25, 0.3) is 11.3 Å². The highest BCUT2D eigenvalue weighted by Crippen LogP contribution is 2.45. The molecule has 1 saturated heterocycles. The average Bonchev–Trinajstić information content (AvgIpc) is 3.49. The standard InChI is InChI=1S/C26H26ClF3N6O3/c1-14-6-9-36(35-14)20-10-16(27)2-3-17(20)22(26(28,29)30)39-21-11-18(33-24(31)34-21)15-4-7-25(8-5-15)12-19(23(37)38)32-13-25/h2-4,6,9-11,19,22,32H,5,7-8,12-13H2,1H3,(H,37,38)(H2,31,33,34)/t19?,22-,25-/m1/s1. The van der Waals surface area contributed by atoms with E-state index in [1.54, 1.807) is 19.2 Å². The van der Waals surface area contributed by atoms with Crippen molar-refractivity contribution in [3.63, 3.8) is 0 Å². The summed E-state index contributed by atoms with van der Waals surface area (Å²) in [6.45, 7) is 2.31. The Kier molecular flexibility index (Phi) is 7.02. The number of carboxylic acid groups (broad SMARTS) is 1. The lowest BCUT2D eigenvalue weighted by atomic mass is 9.73.